The van der Waals surface area contributed by atoms with Crippen LogP contribution in [0, 0.1) is 11.7 Å². The molecule has 0 aliphatic heterocycles. The smallest absolute Gasteiger partial charge is 0.158 e. The first-order valence-electron chi connectivity index (χ1n) is 5.57. The fourth-order valence-corrected chi connectivity index (χ4v) is 0.945. The monoisotopic (exact) mass is 222 g/mol. The number of allylic oxidation sites excluding steroid dienone is 1. The molecule has 0 amide bonds. The van der Waals surface area contributed by atoms with Gasteiger partial charge in [-0.2, -0.15) is 0 Å². The van der Waals surface area contributed by atoms with Crippen molar-refractivity contribution in [2.75, 3.05) is 0 Å². The first-order valence-corrected chi connectivity index (χ1v) is 5.57. The van der Waals surface area contributed by atoms with Gasteiger partial charge in [0.25, 0.3) is 0 Å². The molecule has 0 aliphatic carbocycles. The number of hydrogen-bond acceptors (Lipinski definition) is 1. The van der Waals surface area contributed by atoms with Crippen molar-refractivity contribution < 1.29 is 9.18 Å². The second kappa shape index (κ2) is 7.80. The molecule has 0 atom stereocenters. The van der Waals surface area contributed by atoms with Crippen LogP contribution in [0.25, 0.3) is 6.08 Å². The number of hydrogen-bond donors (Lipinski definition) is 0. The molecule has 1 nitrogen and oxygen atoms in total. The molecule has 0 unspecified atom stereocenters. The van der Waals surface area contributed by atoms with Crippen molar-refractivity contribution >= 4 is 11.9 Å². The van der Waals surface area contributed by atoms with Gasteiger partial charge in [0.2, 0.25) is 0 Å². The van der Waals surface area contributed by atoms with Crippen LogP contribution in [0.4, 0.5) is 4.39 Å². The third-order valence-electron chi connectivity index (χ3n) is 1.88. The predicted octanol–water partition coefficient (Wildman–Crippen LogP) is 4.09. The Morgan fingerprint density at radius 3 is 2.12 bits per heavy atom. The van der Waals surface area contributed by atoms with Gasteiger partial charge in [-0.15, -0.1) is 0 Å². The van der Waals surface area contributed by atoms with E-state index in [4.69, 9.17) is 0 Å². The van der Waals surface area contributed by atoms with Gasteiger partial charge in [0, 0.05) is 5.92 Å². The fraction of sp³-hybridized carbons (Fsp3) is 0.357. The molecule has 0 N–H and O–H groups in total. The van der Waals surface area contributed by atoms with Gasteiger partial charge in [-0.25, -0.2) is 4.39 Å². The molecule has 1 rings (SSSR count). The molecule has 88 valence electrons. The average Bonchev–Trinajstić information content (AvgIpc) is 2.30. The molecular formula is C14H19FO. The number of benzene rings is 1. The summed E-state index contributed by atoms with van der Waals surface area (Å²) in [5, 5.41) is 0. The fourth-order valence-electron chi connectivity index (χ4n) is 0.945. The minimum Gasteiger partial charge on any atom is -0.295 e. The van der Waals surface area contributed by atoms with E-state index in [1.165, 1.54) is 18.2 Å². The minimum atomic E-state index is -0.266. The summed E-state index contributed by atoms with van der Waals surface area (Å²) >= 11 is 0. The molecule has 1 aromatic carbocycles. The molecule has 0 bridgehead atoms. The Morgan fingerprint density at radius 1 is 1.19 bits per heavy atom. The molecule has 0 aromatic heterocycles. The zero-order valence-electron chi connectivity index (χ0n) is 10.3. The first kappa shape index (κ1) is 14.6. The van der Waals surface area contributed by atoms with Gasteiger partial charge in [0.15, 0.2) is 5.78 Å². The van der Waals surface area contributed by atoms with Gasteiger partial charge in [-0.1, -0.05) is 45.9 Å². The molecule has 0 heterocycles. The third-order valence-corrected chi connectivity index (χ3v) is 1.88. The van der Waals surface area contributed by atoms with E-state index in [2.05, 4.69) is 0 Å². The van der Waals surface area contributed by atoms with E-state index in [0.29, 0.717) is 0 Å². The maximum absolute atomic E-state index is 12.5. The molecule has 16 heavy (non-hydrogen) atoms. The van der Waals surface area contributed by atoms with Gasteiger partial charge >= 0.3 is 0 Å². The highest BCUT2D eigenvalue weighted by Crippen LogP contribution is 2.05. The van der Waals surface area contributed by atoms with Crippen LogP contribution in [-0.4, -0.2) is 5.78 Å². The van der Waals surface area contributed by atoms with Gasteiger partial charge in [0.1, 0.15) is 5.82 Å². The van der Waals surface area contributed by atoms with E-state index in [-0.39, 0.29) is 17.5 Å². The van der Waals surface area contributed by atoms with E-state index in [1.54, 1.807) is 18.2 Å². The molecule has 0 saturated heterocycles. The molecule has 0 spiro atoms. The second-order valence-electron chi connectivity index (χ2n) is 3.44. The van der Waals surface area contributed by atoms with E-state index in [9.17, 15) is 9.18 Å². The Labute approximate surface area is 97.0 Å². The number of carbonyl (C=O) groups is 1. The summed E-state index contributed by atoms with van der Waals surface area (Å²) in [7, 11) is 0. The van der Waals surface area contributed by atoms with Crippen molar-refractivity contribution in [3.8, 4) is 0 Å². The van der Waals surface area contributed by atoms with Crippen LogP contribution >= 0.6 is 0 Å². The maximum atomic E-state index is 12.5. The Balaban J connectivity index is 0.00000106. The summed E-state index contributed by atoms with van der Waals surface area (Å²) in [6.07, 6.45) is 3.22. The van der Waals surface area contributed by atoms with Gasteiger partial charge in [0.05, 0.1) is 0 Å². The molecule has 0 saturated carbocycles. The lowest BCUT2D eigenvalue weighted by atomic mass is 10.1. The highest BCUT2D eigenvalue weighted by Gasteiger charge is 2.01. The summed E-state index contributed by atoms with van der Waals surface area (Å²) in [5.74, 6) is -0.182. The van der Waals surface area contributed by atoms with Crippen molar-refractivity contribution in [3.63, 3.8) is 0 Å². The standard InChI is InChI=1S/C12H13FO.C2H6/c1-9(2)12(14)8-5-10-3-6-11(13)7-4-10;1-2/h3-9H,1-2H3;1-2H3/b8-5+;. The SMILES string of the molecule is CC.CC(C)C(=O)/C=C/c1ccc(F)cc1. The highest BCUT2D eigenvalue weighted by molar-refractivity contribution is 5.94. The average molecular weight is 222 g/mol. The summed E-state index contributed by atoms with van der Waals surface area (Å²) in [6.45, 7) is 7.69. The second-order valence-corrected chi connectivity index (χ2v) is 3.44. The quantitative estimate of drug-likeness (QED) is 0.704. The van der Waals surface area contributed by atoms with Gasteiger partial charge in [-0.3, -0.25) is 4.79 Å². The van der Waals surface area contributed by atoms with Crippen molar-refractivity contribution in [2.45, 2.75) is 27.7 Å². The van der Waals surface area contributed by atoms with E-state index >= 15 is 0 Å². The number of rotatable bonds is 3. The van der Waals surface area contributed by atoms with Crippen molar-refractivity contribution in [2.24, 2.45) is 5.92 Å². The highest BCUT2D eigenvalue weighted by atomic mass is 19.1. The topological polar surface area (TPSA) is 17.1 Å². The summed E-state index contributed by atoms with van der Waals surface area (Å²) in [5.41, 5.74) is 0.834. The predicted molar refractivity (Wildman–Crippen MR) is 66.6 cm³/mol. The van der Waals surface area contributed by atoms with Crippen LogP contribution in [0.5, 0.6) is 0 Å². The van der Waals surface area contributed by atoms with Gasteiger partial charge in [-0.05, 0) is 23.8 Å². The van der Waals surface area contributed by atoms with Crippen LogP contribution in [-0.2, 0) is 4.79 Å². The van der Waals surface area contributed by atoms with Crippen LogP contribution in [0.2, 0.25) is 0 Å². The van der Waals surface area contributed by atoms with Crippen LogP contribution in [0.15, 0.2) is 30.3 Å². The summed E-state index contributed by atoms with van der Waals surface area (Å²) in [4.78, 5) is 11.2. The van der Waals surface area contributed by atoms with Crippen LogP contribution in [0.3, 0.4) is 0 Å². The van der Waals surface area contributed by atoms with Gasteiger partial charge < -0.3 is 0 Å². The largest absolute Gasteiger partial charge is 0.295 e. The van der Waals surface area contributed by atoms with E-state index in [0.717, 1.165) is 5.56 Å². The summed E-state index contributed by atoms with van der Waals surface area (Å²) < 4.78 is 12.5. The number of ketones is 1. The Morgan fingerprint density at radius 2 is 1.69 bits per heavy atom. The Hall–Kier alpha value is -1.44. The number of carbonyl (C=O) groups excluding carboxylic acids is 1. The molecule has 1 aromatic rings. The molecular weight excluding hydrogens is 203 g/mol. The Bertz CT molecular complexity index is 336. The van der Waals surface area contributed by atoms with Crippen molar-refractivity contribution in [3.05, 3.63) is 41.7 Å². The zero-order chi connectivity index (χ0) is 12.6. The molecule has 2 heteroatoms. The van der Waals surface area contributed by atoms with E-state index in [1.807, 2.05) is 27.7 Å². The first-order chi connectivity index (χ1) is 7.59. The molecule has 0 aliphatic rings. The third kappa shape index (κ3) is 5.44. The van der Waals surface area contributed by atoms with Crippen molar-refractivity contribution in [1.82, 2.24) is 0 Å². The van der Waals surface area contributed by atoms with Crippen molar-refractivity contribution in [1.29, 1.82) is 0 Å². The minimum absolute atomic E-state index is 0.00620. The van der Waals surface area contributed by atoms with Crippen LogP contribution in [0.1, 0.15) is 33.3 Å². The molecule has 0 radical (unpaired) electrons. The Kier molecular flexibility index (Phi) is 7.10. The lowest BCUT2D eigenvalue weighted by Crippen LogP contribution is -2.01. The summed E-state index contributed by atoms with van der Waals surface area (Å²) in [6, 6.07) is 6.03. The lowest BCUT2D eigenvalue weighted by molar-refractivity contribution is -0.117. The molecule has 0 fully saturated rings. The lowest BCUT2D eigenvalue weighted by Gasteiger charge is -1.96. The van der Waals surface area contributed by atoms with E-state index < -0.39 is 0 Å². The van der Waals surface area contributed by atoms with Crippen LogP contribution < -0.4 is 0 Å². The normalized spacial score (nSPS) is 10.1. The number of halogens is 1. The maximum Gasteiger partial charge on any atom is 0.158 e. The zero-order valence-corrected chi connectivity index (χ0v) is 10.3.